The van der Waals surface area contributed by atoms with Gasteiger partial charge in [-0.3, -0.25) is 14.4 Å². The van der Waals surface area contributed by atoms with E-state index in [4.69, 9.17) is 0 Å². The van der Waals surface area contributed by atoms with Crippen molar-refractivity contribution in [2.45, 2.75) is 31.0 Å². The first-order valence-corrected chi connectivity index (χ1v) is 8.66. The van der Waals surface area contributed by atoms with Crippen molar-refractivity contribution in [2.75, 3.05) is 27.2 Å². The minimum atomic E-state index is -0.0484. The predicted molar refractivity (Wildman–Crippen MR) is 94.0 cm³/mol. The second-order valence-electron chi connectivity index (χ2n) is 7.33. The highest BCUT2D eigenvalue weighted by molar-refractivity contribution is 6.04. The largest absolute Gasteiger partial charge is 0.348 e. The van der Waals surface area contributed by atoms with Crippen molar-refractivity contribution in [1.29, 1.82) is 0 Å². The Labute approximate surface area is 142 Å². The van der Waals surface area contributed by atoms with Crippen LogP contribution >= 0.6 is 0 Å². The third-order valence-electron chi connectivity index (χ3n) is 5.62. The van der Waals surface area contributed by atoms with Gasteiger partial charge in [-0.2, -0.15) is 5.10 Å². The van der Waals surface area contributed by atoms with E-state index in [1.165, 1.54) is 0 Å². The minimum absolute atomic E-state index is 0.0484. The van der Waals surface area contributed by atoms with E-state index in [0.29, 0.717) is 17.8 Å². The Morgan fingerprint density at radius 1 is 1.12 bits per heavy atom. The molecule has 2 aliphatic heterocycles. The van der Waals surface area contributed by atoms with Crippen molar-refractivity contribution >= 4 is 16.8 Å². The topological polar surface area (TPSA) is 53.4 Å². The van der Waals surface area contributed by atoms with Crippen LogP contribution in [0.15, 0.2) is 24.3 Å². The zero-order valence-electron chi connectivity index (χ0n) is 14.6. The van der Waals surface area contributed by atoms with Gasteiger partial charge in [0.15, 0.2) is 5.69 Å². The lowest BCUT2D eigenvalue weighted by Crippen LogP contribution is -2.63. The molecule has 1 amide bonds. The molecule has 2 saturated heterocycles. The molecule has 0 unspecified atom stereocenters. The molecule has 2 aromatic rings. The van der Waals surface area contributed by atoms with E-state index in [2.05, 4.69) is 34.3 Å². The molecule has 0 saturated carbocycles. The maximum atomic E-state index is 12.8. The van der Waals surface area contributed by atoms with Crippen molar-refractivity contribution in [3.05, 3.63) is 30.0 Å². The van der Waals surface area contributed by atoms with Crippen LogP contribution in [0.25, 0.3) is 10.9 Å². The lowest BCUT2D eigenvalue weighted by molar-refractivity contribution is 0.00837. The number of likely N-dealkylation sites (tertiary alicyclic amines) is 1. The van der Waals surface area contributed by atoms with Gasteiger partial charge in [0.05, 0.1) is 5.52 Å². The summed E-state index contributed by atoms with van der Waals surface area (Å²) in [5, 5.41) is 8.61. The maximum absolute atomic E-state index is 12.8. The molecule has 3 heterocycles. The van der Waals surface area contributed by atoms with Gasteiger partial charge in [0.2, 0.25) is 0 Å². The minimum Gasteiger partial charge on any atom is -0.348 e. The molecule has 0 radical (unpaired) electrons. The number of piperazine rings is 1. The van der Waals surface area contributed by atoms with E-state index in [1.807, 2.05) is 31.3 Å². The van der Waals surface area contributed by atoms with E-state index < -0.39 is 0 Å². The van der Waals surface area contributed by atoms with Gasteiger partial charge in [0.1, 0.15) is 0 Å². The Morgan fingerprint density at radius 3 is 2.50 bits per heavy atom. The normalized spacial score (nSPS) is 28.2. The quantitative estimate of drug-likeness (QED) is 0.897. The number of hydrogen-bond acceptors (Lipinski definition) is 4. The van der Waals surface area contributed by atoms with Crippen molar-refractivity contribution < 1.29 is 4.79 Å². The number of hydrogen-bond donors (Lipinski definition) is 1. The van der Waals surface area contributed by atoms with Gasteiger partial charge < -0.3 is 10.2 Å². The first-order valence-electron chi connectivity index (χ1n) is 8.66. The van der Waals surface area contributed by atoms with E-state index in [1.54, 1.807) is 4.68 Å². The fraction of sp³-hybridized carbons (Fsp3) is 0.556. The lowest BCUT2D eigenvalue weighted by atomic mass is 9.88. The summed E-state index contributed by atoms with van der Waals surface area (Å²) >= 11 is 0. The summed E-state index contributed by atoms with van der Waals surface area (Å²) in [6.07, 6.45) is 2.02. The third-order valence-corrected chi connectivity index (χ3v) is 5.62. The van der Waals surface area contributed by atoms with Crippen molar-refractivity contribution in [1.82, 2.24) is 24.9 Å². The molecule has 1 N–H and O–H groups in total. The molecular formula is C18H25N5O. The number of aryl methyl sites for hydroxylation is 1. The number of carbonyl (C=O) groups is 1. The highest BCUT2D eigenvalue weighted by Crippen LogP contribution is 2.27. The number of carbonyl (C=O) groups excluding carboxylic acids is 1. The lowest BCUT2D eigenvalue weighted by Gasteiger charge is -2.50. The smallest absolute Gasteiger partial charge is 0.272 e. The number of likely N-dealkylation sites (N-methyl/N-ethyl adjacent to an activating group) is 2. The summed E-state index contributed by atoms with van der Waals surface area (Å²) in [6, 6.07) is 9.17. The van der Waals surface area contributed by atoms with E-state index in [0.717, 1.165) is 36.8 Å². The van der Waals surface area contributed by atoms with Crippen LogP contribution in [0.5, 0.6) is 0 Å². The standard InChI is InChI=1S/C18H25N5O/c1-21-10-13-8-12(9-14(11-21)22(13)2)19-18(24)17-15-6-4-5-7-16(15)23(3)20-17/h4-7,12-14H,8-11H2,1-3H3,(H,19,24)/t12-,13-,14+. The number of piperidine rings is 1. The van der Waals surface area contributed by atoms with Crippen LogP contribution in [0.2, 0.25) is 0 Å². The van der Waals surface area contributed by atoms with Crippen LogP contribution in [0.3, 0.4) is 0 Å². The van der Waals surface area contributed by atoms with Crippen molar-refractivity contribution in [2.24, 2.45) is 7.05 Å². The molecule has 0 aliphatic carbocycles. The number of rotatable bonds is 2. The molecule has 128 valence electrons. The summed E-state index contributed by atoms with van der Waals surface area (Å²) < 4.78 is 1.78. The number of nitrogens with zero attached hydrogens (tertiary/aromatic N) is 4. The summed E-state index contributed by atoms with van der Waals surface area (Å²) in [4.78, 5) is 17.7. The van der Waals surface area contributed by atoms with Crippen LogP contribution in [-0.2, 0) is 7.05 Å². The molecule has 0 spiro atoms. The highest BCUT2D eigenvalue weighted by atomic mass is 16.2. The number of benzene rings is 1. The Bertz CT molecular complexity index is 754. The van der Waals surface area contributed by atoms with Gasteiger partial charge in [-0.05, 0) is 33.0 Å². The van der Waals surface area contributed by atoms with Gasteiger partial charge in [-0.1, -0.05) is 18.2 Å². The fourth-order valence-electron chi connectivity index (χ4n) is 4.34. The van der Waals surface area contributed by atoms with Crippen LogP contribution in [0.1, 0.15) is 23.3 Å². The van der Waals surface area contributed by atoms with Crippen LogP contribution < -0.4 is 5.32 Å². The summed E-state index contributed by atoms with van der Waals surface area (Å²) in [5.41, 5.74) is 1.53. The van der Waals surface area contributed by atoms with Gasteiger partial charge >= 0.3 is 0 Å². The van der Waals surface area contributed by atoms with Gasteiger partial charge in [-0.25, -0.2) is 0 Å². The maximum Gasteiger partial charge on any atom is 0.272 e. The zero-order valence-corrected chi connectivity index (χ0v) is 14.6. The molecule has 1 aromatic carbocycles. The zero-order chi connectivity index (χ0) is 16.8. The highest BCUT2D eigenvalue weighted by Gasteiger charge is 2.38. The van der Waals surface area contributed by atoms with Crippen LogP contribution in [0, 0.1) is 0 Å². The molecule has 4 rings (SSSR count). The number of para-hydroxylation sites is 1. The number of nitrogens with one attached hydrogen (secondary N) is 1. The van der Waals surface area contributed by atoms with Gasteiger partial charge in [0.25, 0.3) is 5.91 Å². The Kier molecular flexibility index (Phi) is 3.81. The molecule has 6 heteroatoms. The molecule has 6 nitrogen and oxygen atoms in total. The van der Waals surface area contributed by atoms with E-state index >= 15 is 0 Å². The summed E-state index contributed by atoms with van der Waals surface area (Å²) in [7, 11) is 6.29. The molecule has 1 aromatic heterocycles. The molecule has 2 aliphatic rings. The second-order valence-corrected chi connectivity index (χ2v) is 7.33. The molecular weight excluding hydrogens is 302 g/mol. The monoisotopic (exact) mass is 327 g/mol. The SMILES string of the molecule is CN1C[C@H]2C[C@@H](NC(=O)c3nn(C)c4ccccc34)C[C@@H](C1)N2C. The average Bonchev–Trinajstić information content (AvgIpc) is 2.87. The summed E-state index contributed by atoms with van der Waals surface area (Å²) in [5.74, 6) is -0.0484. The second kappa shape index (κ2) is 5.86. The first-order chi connectivity index (χ1) is 11.5. The summed E-state index contributed by atoms with van der Waals surface area (Å²) in [6.45, 7) is 2.15. The molecule has 2 fully saturated rings. The fourth-order valence-corrected chi connectivity index (χ4v) is 4.34. The third kappa shape index (κ3) is 2.59. The molecule has 24 heavy (non-hydrogen) atoms. The number of amides is 1. The Balaban J connectivity index is 1.52. The van der Waals surface area contributed by atoms with Gasteiger partial charge in [-0.15, -0.1) is 0 Å². The predicted octanol–water partition coefficient (Wildman–Crippen LogP) is 1.08. The van der Waals surface area contributed by atoms with Crippen molar-refractivity contribution in [3.8, 4) is 0 Å². The first kappa shape index (κ1) is 15.6. The van der Waals surface area contributed by atoms with Crippen LogP contribution in [0.4, 0.5) is 0 Å². The average molecular weight is 327 g/mol. The number of fused-ring (bicyclic) bond motifs is 3. The number of aromatic nitrogens is 2. The molecule has 2 bridgehead atoms. The van der Waals surface area contributed by atoms with E-state index in [9.17, 15) is 4.79 Å². The van der Waals surface area contributed by atoms with E-state index in [-0.39, 0.29) is 11.9 Å². The Hall–Kier alpha value is -1.92. The van der Waals surface area contributed by atoms with Crippen LogP contribution in [-0.4, -0.2) is 70.8 Å². The molecule has 3 atom stereocenters. The van der Waals surface area contributed by atoms with Crippen molar-refractivity contribution in [3.63, 3.8) is 0 Å². The van der Waals surface area contributed by atoms with Gasteiger partial charge in [0, 0.05) is 43.6 Å². The Morgan fingerprint density at radius 2 is 1.79 bits per heavy atom.